The van der Waals surface area contributed by atoms with Crippen molar-refractivity contribution in [3.63, 3.8) is 0 Å². The summed E-state index contributed by atoms with van der Waals surface area (Å²) in [5, 5.41) is 19.7. The van der Waals surface area contributed by atoms with Crippen molar-refractivity contribution in [3.05, 3.63) is 39.9 Å². The van der Waals surface area contributed by atoms with Crippen LogP contribution in [0.3, 0.4) is 0 Å². The first kappa shape index (κ1) is 12.2. The van der Waals surface area contributed by atoms with Gasteiger partial charge in [-0.1, -0.05) is 18.2 Å². The van der Waals surface area contributed by atoms with Gasteiger partial charge in [-0.3, -0.25) is 14.9 Å². The first-order valence-electron chi connectivity index (χ1n) is 4.80. The second-order valence-corrected chi connectivity index (χ2v) is 4.25. The summed E-state index contributed by atoms with van der Waals surface area (Å²) in [4.78, 5) is 21.2. The molecule has 16 heavy (non-hydrogen) atoms. The number of nitro benzene ring substituents is 1. The summed E-state index contributed by atoms with van der Waals surface area (Å²) in [6.07, 6.45) is 0.138. The fourth-order valence-electron chi connectivity index (χ4n) is 1.39. The fraction of sp³-hybridized carbons (Fsp3) is 0.364. The molecule has 0 heterocycles. The highest BCUT2D eigenvalue weighted by Crippen LogP contribution is 2.27. The maximum absolute atomic E-state index is 10.9. The minimum absolute atomic E-state index is 0.0307. The molecule has 1 aromatic rings. The van der Waals surface area contributed by atoms with E-state index in [1.54, 1.807) is 32.0 Å². The quantitative estimate of drug-likeness (QED) is 0.627. The molecule has 5 heteroatoms. The SMILES string of the molecule is CC(C)(Cc1ccccc1[N+](=O)[O-])C(=O)O. The third kappa shape index (κ3) is 2.56. The van der Waals surface area contributed by atoms with Gasteiger partial charge < -0.3 is 5.11 Å². The third-order valence-corrected chi connectivity index (χ3v) is 2.40. The zero-order chi connectivity index (χ0) is 12.3. The van der Waals surface area contributed by atoms with E-state index in [4.69, 9.17) is 5.11 Å². The summed E-state index contributed by atoms with van der Waals surface area (Å²) >= 11 is 0. The molecule has 1 aromatic carbocycles. The zero-order valence-electron chi connectivity index (χ0n) is 9.14. The van der Waals surface area contributed by atoms with Crippen LogP contribution in [0.1, 0.15) is 19.4 Å². The molecule has 0 radical (unpaired) electrons. The van der Waals surface area contributed by atoms with Crippen molar-refractivity contribution in [2.45, 2.75) is 20.3 Å². The van der Waals surface area contributed by atoms with Crippen LogP contribution in [-0.2, 0) is 11.2 Å². The molecule has 0 aliphatic carbocycles. The average molecular weight is 223 g/mol. The van der Waals surface area contributed by atoms with Gasteiger partial charge in [0, 0.05) is 11.6 Å². The smallest absolute Gasteiger partial charge is 0.309 e. The van der Waals surface area contributed by atoms with Crippen LogP contribution in [0.25, 0.3) is 0 Å². The number of rotatable bonds is 4. The Bertz CT molecular complexity index is 426. The molecule has 1 N–H and O–H groups in total. The maximum Gasteiger partial charge on any atom is 0.309 e. The normalized spacial score (nSPS) is 11.1. The Morgan fingerprint density at radius 3 is 2.50 bits per heavy atom. The van der Waals surface area contributed by atoms with E-state index in [-0.39, 0.29) is 12.1 Å². The van der Waals surface area contributed by atoms with Crippen LogP contribution < -0.4 is 0 Å². The Balaban J connectivity index is 3.06. The zero-order valence-corrected chi connectivity index (χ0v) is 9.14. The summed E-state index contributed by atoms with van der Waals surface area (Å²) in [5.41, 5.74) is -0.594. The van der Waals surface area contributed by atoms with Crippen molar-refractivity contribution < 1.29 is 14.8 Å². The van der Waals surface area contributed by atoms with E-state index in [9.17, 15) is 14.9 Å². The molecule has 5 nitrogen and oxygen atoms in total. The molecule has 0 aliphatic heterocycles. The first-order valence-corrected chi connectivity index (χ1v) is 4.80. The van der Waals surface area contributed by atoms with Gasteiger partial charge in [-0.2, -0.15) is 0 Å². The van der Waals surface area contributed by atoms with E-state index in [2.05, 4.69) is 0 Å². The molecule has 0 bridgehead atoms. The topological polar surface area (TPSA) is 80.4 Å². The van der Waals surface area contributed by atoms with Crippen LogP contribution in [0, 0.1) is 15.5 Å². The van der Waals surface area contributed by atoms with Gasteiger partial charge in [0.2, 0.25) is 0 Å². The number of carbonyl (C=O) groups is 1. The second kappa shape index (κ2) is 4.30. The maximum atomic E-state index is 10.9. The van der Waals surface area contributed by atoms with Crippen molar-refractivity contribution in [1.82, 2.24) is 0 Å². The van der Waals surface area contributed by atoms with Gasteiger partial charge in [0.05, 0.1) is 10.3 Å². The Morgan fingerprint density at radius 2 is 2.00 bits per heavy atom. The Hall–Kier alpha value is -1.91. The number of hydrogen-bond donors (Lipinski definition) is 1. The predicted octanol–water partition coefficient (Wildman–Crippen LogP) is 2.25. The lowest BCUT2D eigenvalue weighted by Crippen LogP contribution is -2.26. The van der Waals surface area contributed by atoms with Crippen LogP contribution in [-0.4, -0.2) is 16.0 Å². The highest BCUT2D eigenvalue weighted by Gasteiger charge is 2.30. The molecular formula is C11H13NO4. The molecule has 0 saturated carbocycles. The summed E-state index contributed by atoms with van der Waals surface area (Å²) in [7, 11) is 0. The first-order chi connectivity index (χ1) is 7.34. The molecule has 0 saturated heterocycles. The van der Waals surface area contributed by atoms with Gasteiger partial charge in [0.25, 0.3) is 5.69 Å². The van der Waals surface area contributed by atoms with Crippen molar-refractivity contribution in [1.29, 1.82) is 0 Å². The van der Waals surface area contributed by atoms with Gasteiger partial charge in [-0.25, -0.2) is 0 Å². The number of para-hydroxylation sites is 1. The number of hydrogen-bond acceptors (Lipinski definition) is 3. The summed E-state index contributed by atoms with van der Waals surface area (Å²) < 4.78 is 0. The molecule has 0 aromatic heterocycles. The van der Waals surface area contributed by atoms with Crippen LogP contribution in [0.2, 0.25) is 0 Å². The number of nitro groups is 1. The predicted molar refractivity (Wildman–Crippen MR) is 58.2 cm³/mol. The van der Waals surface area contributed by atoms with Crippen LogP contribution >= 0.6 is 0 Å². The molecule has 0 fully saturated rings. The molecule has 1 rings (SSSR count). The van der Waals surface area contributed by atoms with Gasteiger partial charge in [0.15, 0.2) is 0 Å². The summed E-state index contributed by atoms with van der Waals surface area (Å²) in [6, 6.07) is 6.20. The van der Waals surface area contributed by atoms with E-state index >= 15 is 0 Å². The Kier molecular flexibility index (Phi) is 3.27. The molecule has 86 valence electrons. The standard InChI is InChI=1S/C11H13NO4/c1-11(2,10(13)14)7-8-5-3-4-6-9(8)12(15)16/h3-6H,7H2,1-2H3,(H,13,14). The second-order valence-electron chi connectivity index (χ2n) is 4.25. The number of benzene rings is 1. The molecule has 0 aliphatic rings. The van der Waals surface area contributed by atoms with Crippen molar-refractivity contribution in [2.75, 3.05) is 0 Å². The molecular weight excluding hydrogens is 210 g/mol. The fourth-order valence-corrected chi connectivity index (χ4v) is 1.39. The van der Waals surface area contributed by atoms with E-state index in [0.29, 0.717) is 5.56 Å². The third-order valence-electron chi connectivity index (χ3n) is 2.40. The highest BCUT2D eigenvalue weighted by atomic mass is 16.6. The van der Waals surface area contributed by atoms with Gasteiger partial charge in [-0.05, 0) is 20.3 Å². The van der Waals surface area contributed by atoms with E-state index < -0.39 is 16.3 Å². The lowest BCUT2D eigenvalue weighted by molar-refractivity contribution is -0.385. The number of carboxylic acids is 1. The largest absolute Gasteiger partial charge is 0.481 e. The number of aliphatic carboxylic acids is 1. The summed E-state index contributed by atoms with van der Waals surface area (Å²) in [5.74, 6) is -0.967. The summed E-state index contributed by atoms with van der Waals surface area (Å²) in [6.45, 7) is 3.10. The van der Waals surface area contributed by atoms with Gasteiger partial charge in [-0.15, -0.1) is 0 Å². The highest BCUT2D eigenvalue weighted by molar-refractivity contribution is 5.74. The molecule has 0 spiro atoms. The van der Waals surface area contributed by atoms with Crippen LogP contribution in [0.15, 0.2) is 24.3 Å². The molecule has 0 amide bonds. The minimum Gasteiger partial charge on any atom is -0.481 e. The van der Waals surface area contributed by atoms with Crippen LogP contribution in [0.5, 0.6) is 0 Å². The number of carboxylic acid groups (broad SMARTS) is 1. The minimum atomic E-state index is -1.01. The molecule has 0 unspecified atom stereocenters. The van der Waals surface area contributed by atoms with Crippen molar-refractivity contribution >= 4 is 11.7 Å². The van der Waals surface area contributed by atoms with Gasteiger partial charge >= 0.3 is 5.97 Å². The Morgan fingerprint density at radius 1 is 1.44 bits per heavy atom. The Labute approximate surface area is 92.9 Å². The van der Waals surface area contributed by atoms with E-state index in [1.165, 1.54) is 6.07 Å². The van der Waals surface area contributed by atoms with Crippen molar-refractivity contribution in [3.8, 4) is 0 Å². The lowest BCUT2D eigenvalue weighted by Gasteiger charge is -2.18. The monoisotopic (exact) mass is 223 g/mol. The van der Waals surface area contributed by atoms with Crippen molar-refractivity contribution in [2.24, 2.45) is 5.41 Å². The van der Waals surface area contributed by atoms with E-state index in [1.807, 2.05) is 0 Å². The van der Waals surface area contributed by atoms with Crippen LogP contribution in [0.4, 0.5) is 5.69 Å². The van der Waals surface area contributed by atoms with Gasteiger partial charge in [0.1, 0.15) is 0 Å². The van der Waals surface area contributed by atoms with E-state index in [0.717, 1.165) is 0 Å². The average Bonchev–Trinajstić information content (AvgIpc) is 2.17. The molecule has 0 atom stereocenters. The number of nitrogens with zero attached hydrogens (tertiary/aromatic N) is 1. The lowest BCUT2D eigenvalue weighted by atomic mass is 9.85.